The molecule has 2 rings (SSSR count). The van der Waals surface area contributed by atoms with Crippen LogP contribution < -0.4 is 10.1 Å². The highest BCUT2D eigenvalue weighted by atomic mass is 16.5. The van der Waals surface area contributed by atoms with E-state index in [9.17, 15) is 0 Å². The Morgan fingerprint density at radius 2 is 2.28 bits per heavy atom. The van der Waals surface area contributed by atoms with Crippen molar-refractivity contribution in [3.05, 3.63) is 29.3 Å². The molecule has 4 heteroatoms. The van der Waals surface area contributed by atoms with Crippen molar-refractivity contribution < 1.29 is 4.74 Å². The highest BCUT2D eigenvalue weighted by molar-refractivity contribution is 5.45. The van der Waals surface area contributed by atoms with Crippen LogP contribution in [0.15, 0.2) is 18.2 Å². The van der Waals surface area contributed by atoms with Gasteiger partial charge in [-0.3, -0.25) is 4.90 Å². The van der Waals surface area contributed by atoms with E-state index >= 15 is 0 Å². The summed E-state index contributed by atoms with van der Waals surface area (Å²) in [5.41, 5.74) is 1.80. The Kier molecular flexibility index (Phi) is 4.57. The number of nitrogens with zero attached hydrogens (tertiary/aromatic N) is 2. The molecule has 1 aromatic rings. The van der Waals surface area contributed by atoms with Gasteiger partial charge in [0.15, 0.2) is 0 Å². The number of ether oxygens (including phenoxy) is 1. The molecule has 18 heavy (non-hydrogen) atoms. The van der Waals surface area contributed by atoms with Crippen LogP contribution in [0, 0.1) is 11.3 Å². The molecule has 1 aromatic carbocycles. The first-order valence-electron chi connectivity index (χ1n) is 6.33. The first kappa shape index (κ1) is 12.9. The molecule has 0 atom stereocenters. The minimum atomic E-state index is 0.596. The summed E-state index contributed by atoms with van der Waals surface area (Å²) in [4.78, 5) is 2.43. The molecular formula is C14H19N3O. The summed E-state index contributed by atoms with van der Waals surface area (Å²) in [6.07, 6.45) is 1.19. The van der Waals surface area contributed by atoms with E-state index in [0.717, 1.165) is 32.7 Å². The zero-order chi connectivity index (χ0) is 12.8. The van der Waals surface area contributed by atoms with Gasteiger partial charge >= 0.3 is 0 Å². The minimum absolute atomic E-state index is 0.596. The van der Waals surface area contributed by atoms with Gasteiger partial charge < -0.3 is 10.1 Å². The number of methoxy groups -OCH3 is 1. The molecule has 1 saturated heterocycles. The van der Waals surface area contributed by atoms with Crippen molar-refractivity contribution in [1.82, 2.24) is 10.2 Å². The average Bonchev–Trinajstić information content (AvgIpc) is 2.67. The van der Waals surface area contributed by atoms with Crippen molar-refractivity contribution >= 4 is 0 Å². The number of nitrogens with one attached hydrogen (secondary N) is 1. The quantitative estimate of drug-likeness (QED) is 0.873. The predicted octanol–water partition coefficient (Wildman–Crippen LogP) is 1.36. The maximum absolute atomic E-state index is 8.95. The van der Waals surface area contributed by atoms with E-state index in [0.29, 0.717) is 11.3 Å². The molecule has 4 nitrogen and oxygen atoms in total. The maximum Gasteiger partial charge on any atom is 0.136 e. The average molecular weight is 245 g/mol. The standard InChI is InChI=1S/C14H19N3O/c1-18-14-9-12(3-4-13(14)10-15)11-17-7-2-5-16-6-8-17/h3-4,9,16H,2,5-8,11H2,1H3. The minimum Gasteiger partial charge on any atom is -0.495 e. The molecule has 0 saturated carbocycles. The summed E-state index contributed by atoms with van der Waals surface area (Å²) in [5, 5.41) is 12.3. The Hall–Kier alpha value is -1.57. The molecule has 0 amide bonds. The van der Waals surface area contributed by atoms with Gasteiger partial charge in [-0.05, 0) is 37.2 Å². The van der Waals surface area contributed by atoms with Crippen LogP contribution in [0.5, 0.6) is 5.75 Å². The second-order valence-electron chi connectivity index (χ2n) is 4.53. The topological polar surface area (TPSA) is 48.3 Å². The van der Waals surface area contributed by atoms with Gasteiger partial charge in [0.2, 0.25) is 0 Å². The molecule has 0 spiro atoms. The third-order valence-electron chi connectivity index (χ3n) is 3.23. The van der Waals surface area contributed by atoms with Crippen LogP contribution >= 0.6 is 0 Å². The van der Waals surface area contributed by atoms with Crippen molar-refractivity contribution in [2.75, 3.05) is 33.3 Å². The number of hydrogen-bond acceptors (Lipinski definition) is 4. The zero-order valence-corrected chi connectivity index (χ0v) is 10.8. The van der Waals surface area contributed by atoms with E-state index in [1.54, 1.807) is 7.11 Å². The Balaban J connectivity index is 2.06. The SMILES string of the molecule is COc1cc(CN2CCCNCC2)ccc1C#N. The molecule has 1 fully saturated rings. The highest BCUT2D eigenvalue weighted by Gasteiger charge is 2.10. The van der Waals surface area contributed by atoms with Crippen LogP contribution in [0.1, 0.15) is 17.5 Å². The normalized spacial score (nSPS) is 16.9. The lowest BCUT2D eigenvalue weighted by Crippen LogP contribution is -2.27. The van der Waals surface area contributed by atoms with Gasteiger partial charge in [-0.15, -0.1) is 0 Å². The van der Waals surface area contributed by atoms with Gasteiger partial charge in [0.05, 0.1) is 12.7 Å². The van der Waals surface area contributed by atoms with Gasteiger partial charge in [-0.25, -0.2) is 0 Å². The third kappa shape index (κ3) is 3.22. The van der Waals surface area contributed by atoms with Crippen LogP contribution in [0.3, 0.4) is 0 Å². The Morgan fingerprint density at radius 3 is 3.06 bits per heavy atom. The Morgan fingerprint density at radius 1 is 1.39 bits per heavy atom. The molecule has 96 valence electrons. The monoisotopic (exact) mass is 245 g/mol. The summed E-state index contributed by atoms with van der Waals surface area (Å²) >= 11 is 0. The van der Waals surface area contributed by atoms with Gasteiger partial charge in [-0.2, -0.15) is 5.26 Å². The van der Waals surface area contributed by atoms with Gasteiger partial charge in [0, 0.05) is 19.6 Å². The number of rotatable bonds is 3. The summed E-state index contributed by atoms with van der Waals surface area (Å²) in [6.45, 7) is 5.27. The molecular weight excluding hydrogens is 226 g/mol. The van der Waals surface area contributed by atoms with Crippen molar-refractivity contribution in [1.29, 1.82) is 5.26 Å². The lowest BCUT2D eigenvalue weighted by atomic mass is 10.1. The zero-order valence-electron chi connectivity index (χ0n) is 10.8. The Bertz CT molecular complexity index is 431. The molecule has 0 radical (unpaired) electrons. The number of hydrogen-bond donors (Lipinski definition) is 1. The fourth-order valence-electron chi connectivity index (χ4n) is 2.24. The number of benzene rings is 1. The van der Waals surface area contributed by atoms with E-state index in [1.165, 1.54) is 12.0 Å². The third-order valence-corrected chi connectivity index (χ3v) is 3.23. The fraction of sp³-hybridized carbons (Fsp3) is 0.500. The predicted molar refractivity (Wildman–Crippen MR) is 70.5 cm³/mol. The van der Waals surface area contributed by atoms with E-state index in [-0.39, 0.29) is 0 Å². The van der Waals surface area contributed by atoms with E-state index in [4.69, 9.17) is 10.00 Å². The van der Waals surface area contributed by atoms with E-state index in [2.05, 4.69) is 16.3 Å². The van der Waals surface area contributed by atoms with Crippen LogP contribution in [0.25, 0.3) is 0 Å². The molecule has 0 aliphatic carbocycles. The smallest absolute Gasteiger partial charge is 0.136 e. The maximum atomic E-state index is 8.95. The molecule has 0 unspecified atom stereocenters. The molecule has 1 aliphatic heterocycles. The summed E-state index contributed by atoms with van der Waals surface area (Å²) in [5.74, 6) is 0.669. The fourth-order valence-corrected chi connectivity index (χ4v) is 2.24. The first-order valence-corrected chi connectivity index (χ1v) is 6.33. The molecule has 0 aromatic heterocycles. The summed E-state index contributed by atoms with van der Waals surface area (Å²) in [7, 11) is 1.61. The van der Waals surface area contributed by atoms with Gasteiger partial charge in [0.1, 0.15) is 11.8 Å². The van der Waals surface area contributed by atoms with Crippen LogP contribution in [-0.4, -0.2) is 38.2 Å². The lowest BCUT2D eigenvalue weighted by molar-refractivity contribution is 0.284. The van der Waals surface area contributed by atoms with E-state index < -0.39 is 0 Å². The molecule has 1 aliphatic rings. The first-order chi connectivity index (χ1) is 8.83. The van der Waals surface area contributed by atoms with Crippen molar-refractivity contribution in [3.8, 4) is 11.8 Å². The van der Waals surface area contributed by atoms with Crippen molar-refractivity contribution in [2.45, 2.75) is 13.0 Å². The number of nitriles is 1. The van der Waals surface area contributed by atoms with Crippen molar-refractivity contribution in [3.63, 3.8) is 0 Å². The second-order valence-corrected chi connectivity index (χ2v) is 4.53. The van der Waals surface area contributed by atoms with E-state index in [1.807, 2.05) is 18.2 Å². The van der Waals surface area contributed by atoms with Crippen LogP contribution in [-0.2, 0) is 6.54 Å². The molecule has 1 N–H and O–H groups in total. The second kappa shape index (κ2) is 6.39. The highest BCUT2D eigenvalue weighted by Crippen LogP contribution is 2.20. The summed E-state index contributed by atoms with van der Waals surface area (Å²) in [6, 6.07) is 7.96. The largest absolute Gasteiger partial charge is 0.495 e. The Labute approximate surface area is 108 Å². The van der Waals surface area contributed by atoms with Gasteiger partial charge in [-0.1, -0.05) is 6.07 Å². The summed E-state index contributed by atoms with van der Waals surface area (Å²) < 4.78 is 5.24. The molecule has 1 heterocycles. The molecule has 0 bridgehead atoms. The van der Waals surface area contributed by atoms with Crippen LogP contribution in [0.2, 0.25) is 0 Å². The lowest BCUT2D eigenvalue weighted by Gasteiger charge is -2.19. The van der Waals surface area contributed by atoms with Crippen LogP contribution in [0.4, 0.5) is 0 Å². The van der Waals surface area contributed by atoms with Gasteiger partial charge in [0.25, 0.3) is 0 Å². The van der Waals surface area contributed by atoms with Crippen molar-refractivity contribution in [2.24, 2.45) is 0 Å².